The summed E-state index contributed by atoms with van der Waals surface area (Å²) in [5.74, 6) is 0. The molecule has 0 aliphatic carbocycles. The summed E-state index contributed by atoms with van der Waals surface area (Å²) in [5, 5.41) is 89.9. The lowest BCUT2D eigenvalue weighted by atomic mass is 9.95. The van der Waals surface area contributed by atoms with Gasteiger partial charge in [-0.2, -0.15) is 0 Å². The van der Waals surface area contributed by atoms with E-state index >= 15 is 0 Å². The predicted molar refractivity (Wildman–Crippen MR) is 108 cm³/mol. The van der Waals surface area contributed by atoms with Gasteiger partial charge in [0, 0.05) is 7.11 Å². The van der Waals surface area contributed by atoms with Gasteiger partial charge in [-0.05, 0) is 0 Å². The SMILES string of the molecule is CO[C@@H]1O[C@H](CO)[C@@H](O)[C@H](O)[C@@H]1O[C@@H]1O[C@H](CO)[C@@H](O)[C@H](O[C@H]2O[C@H](CO)[C@H](O)[C@H](O)[C@H]2O)[C@H]1N. The van der Waals surface area contributed by atoms with Crippen LogP contribution in [0.5, 0.6) is 0 Å². The quantitative estimate of drug-likeness (QED) is 0.143. The topological polar surface area (TPSA) is 263 Å². The average molecular weight is 517 g/mol. The van der Waals surface area contributed by atoms with Crippen molar-refractivity contribution < 1.29 is 74.4 Å². The third-order valence-electron chi connectivity index (χ3n) is 6.39. The van der Waals surface area contributed by atoms with Crippen LogP contribution >= 0.6 is 0 Å². The van der Waals surface area contributed by atoms with Crippen molar-refractivity contribution in [2.45, 2.75) is 92.1 Å². The zero-order valence-electron chi connectivity index (χ0n) is 18.8. The summed E-state index contributed by atoms with van der Waals surface area (Å²) in [4.78, 5) is 0. The smallest absolute Gasteiger partial charge is 0.187 e. The molecule has 0 bridgehead atoms. The van der Waals surface area contributed by atoms with Crippen molar-refractivity contribution in [3.63, 3.8) is 0 Å². The maximum atomic E-state index is 10.6. The summed E-state index contributed by atoms with van der Waals surface area (Å²) in [6.45, 7) is -2.06. The van der Waals surface area contributed by atoms with Crippen molar-refractivity contribution in [2.75, 3.05) is 26.9 Å². The van der Waals surface area contributed by atoms with Crippen LogP contribution in [0.4, 0.5) is 0 Å². The van der Waals surface area contributed by atoms with E-state index < -0.39 is 112 Å². The van der Waals surface area contributed by atoms with E-state index in [1.54, 1.807) is 0 Å². The third-order valence-corrected chi connectivity index (χ3v) is 6.39. The van der Waals surface area contributed by atoms with Crippen LogP contribution in [0.2, 0.25) is 0 Å². The summed E-state index contributed by atoms with van der Waals surface area (Å²) < 4.78 is 32.6. The predicted octanol–water partition coefficient (Wildman–Crippen LogP) is -6.95. The van der Waals surface area contributed by atoms with Crippen molar-refractivity contribution in [2.24, 2.45) is 5.73 Å². The minimum Gasteiger partial charge on any atom is -0.394 e. The van der Waals surface area contributed by atoms with Gasteiger partial charge in [-0.15, -0.1) is 0 Å². The first-order valence-electron chi connectivity index (χ1n) is 11.1. The highest BCUT2D eigenvalue weighted by Gasteiger charge is 2.53. The number of methoxy groups -OCH3 is 1. The van der Waals surface area contributed by atoms with Crippen molar-refractivity contribution in [3.8, 4) is 0 Å². The van der Waals surface area contributed by atoms with Gasteiger partial charge < -0.3 is 80.1 Å². The Morgan fingerprint density at radius 1 is 0.571 bits per heavy atom. The lowest BCUT2D eigenvalue weighted by Gasteiger charge is -2.48. The molecule has 3 aliphatic heterocycles. The molecule has 0 amide bonds. The molecular weight excluding hydrogens is 482 g/mol. The number of rotatable bonds is 8. The van der Waals surface area contributed by atoms with E-state index in [4.69, 9.17) is 34.2 Å². The van der Waals surface area contributed by atoms with Crippen LogP contribution in [0.1, 0.15) is 0 Å². The molecular formula is C19H35NO15. The number of ether oxygens (including phenoxy) is 6. The Bertz CT molecular complexity index is 658. The molecule has 11 N–H and O–H groups in total. The van der Waals surface area contributed by atoms with Gasteiger partial charge in [-0.3, -0.25) is 0 Å². The molecule has 3 heterocycles. The van der Waals surface area contributed by atoms with Crippen molar-refractivity contribution in [1.29, 1.82) is 0 Å². The fourth-order valence-electron chi connectivity index (χ4n) is 4.26. The van der Waals surface area contributed by atoms with Gasteiger partial charge in [0.15, 0.2) is 18.9 Å². The number of nitrogens with two attached hydrogens (primary N) is 1. The molecule has 0 aromatic rings. The van der Waals surface area contributed by atoms with Gasteiger partial charge >= 0.3 is 0 Å². The maximum Gasteiger partial charge on any atom is 0.187 e. The number of aliphatic hydroxyl groups is 9. The molecule has 0 radical (unpaired) electrons. The van der Waals surface area contributed by atoms with Crippen LogP contribution in [-0.2, 0) is 28.4 Å². The lowest BCUT2D eigenvalue weighted by molar-refractivity contribution is -0.367. The average Bonchev–Trinajstić information content (AvgIpc) is 2.86. The summed E-state index contributed by atoms with van der Waals surface area (Å²) in [6.07, 6.45) is -21.0. The molecule has 0 spiro atoms. The van der Waals surface area contributed by atoms with E-state index in [9.17, 15) is 46.0 Å². The third kappa shape index (κ3) is 5.78. The second-order valence-electron chi connectivity index (χ2n) is 8.63. The highest BCUT2D eigenvalue weighted by molar-refractivity contribution is 4.97. The van der Waals surface area contributed by atoms with Gasteiger partial charge in [-0.1, -0.05) is 0 Å². The molecule has 0 saturated carbocycles. The van der Waals surface area contributed by atoms with Crippen LogP contribution in [0.15, 0.2) is 0 Å². The van der Waals surface area contributed by atoms with Gasteiger partial charge in [0.25, 0.3) is 0 Å². The first-order valence-corrected chi connectivity index (χ1v) is 11.1. The van der Waals surface area contributed by atoms with Crippen LogP contribution in [0, 0.1) is 0 Å². The number of hydrogen-bond acceptors (Lipinski definition) is 16. The normalized spacial score (nSPS) is 51.3. The van der Waals surface area contributed by atoms with E-state index in [-0.39, 0.29) is 0 Å². The highest BCUT2D eigenvalue weighted by Crippen LogP contribution is 2.32. The zero-order valence-corrected chi connectivity index (χ0v) is 18.8. The van der Waals surface area contributed by atoms with Crippen LogP contribution in [0.25, 0.3) is 0 Å². The van der Waals surface area contributed by atoms with Gasteiger partial charge in [0.1, 0.15) is 67.1 Å². The Morgan fingerprint density at radius 2 is 1.03 bits per heavy atom. The van der Waals surface area contributed by atoms with Crippen LogP contribution in [-0.4, -0.2) is 165 Å². The second kappa shape index (κ2) is 12.3. The van der Waals surface area contributed by atoms with E-state index in [0.717, 1.165) is 0 Å². The molecule has 3 fully saturated rings. The van der Waals surface area contributed by atoms with Crippen molar-refractivity contribution in [3.05, 3.63) is 0 Å². The first-order chi connectivity index (χ1) is 16.6. The Kier molecular flexibility index (Phi) is 10.1. The molecule has 16 heteroatoms. The molecule has 16 nitrogen and oxygen atoms in total. The fraction of sp³-hybridized carbons (Fsp3) is 1.00. The molecule has 3 saturated heterocycles. The Morgan fingerprint density at radius 3 is 1.57 bits per heavy atom. The molecule has 206 valence electrons. The number of hydrogen-bond donors (Lipinski definition) is 10. The van der Waals surface area contributed by atoms with Crippen molar-refractivity contribution >= 4 is 0 Å². The van der Waals surface area contributed by atoms with Crippen LogP contribution in [0.3, 0.4) is 0 Å². The van der Waals surface area contributed by atoms with Crippen LogP contribution < -0.4 is 5.73 Å². The standard InChI is InChI=1S/C19H35NO15/c1-30-19-16(13(28)10(25)6(3-22)33-19)35-17-8(20)15(11(26)7(4-23)31-17)34-18-14(29)12(27)9(24)5(2-21)32-18/h5-19,21-29H,2-4,20H2,1H3/t5-,6-,7-,8-,9+,10-,11-,12+,13+,14-,15-,16+,17+,18-,19-/m1/s1. The van der Waals surface area contributed by atoms with E-state index in [1.165, 1.54) is 7.11 Å². The fourth-order valence-corrected chi connectivity index (χ4v) is 4.26. The molecule has 0 aromatic heterocycles. The van der Waals surface area contributed by atoms with Gasteiger partial charge in [0.05, 0.1) is 25.9 Å². The van der Waals surface area contributed by atoms with Crippen molar-refractivity contribution in [1.82, 2.24) is 0 Å². The Hall–Kier alpha value is -0.640. The highest BCUT2D eigenvalue weighted by atomic mass is 16.8. The number of aliphatic hydroxyl groups excluding tert-OH is 9. The lowest BCUT2D eigenvalue weighted by Crippen LogP contribution is -2.68. The Balaban J connectivity index is 1.78. The minimum atomic E-state index is -1.79. The first kappa shape index (κ1) is 28.9. The molecule has 3 rings (SSSR count). The molecule has 3 aliphatic rings. The summed E-state index contributed by atoms with van der Waals surface area (Å²) in [6, 6.07) is -1.36. The summed E-state index contributed by atoms with van der Waals surface area (Å²) >= 11 is 0. The minimum absolute atomic E-state index is 0.613. The Labute approximate surface area is 199 Å². The molecule has 35 heavy (non-hydrogen) atoms. The van der Waals surface area contributed by atoms with E-state index in [2.05, 4.69) is 0 Å². The van der Waals surface area contributed by atoms with E-state index in [1.807, 2.05) is 0 Å². The summed E-state index contributed by atoms with van der Waals surface area (Å²) in [5.41, 5.74) is 6.18. The van der Waals surface area contributed by atoms with E-state index in [0.29, 0.717) is 0 Å². The zero-order chi connectivity index (χ0) is 26.0. The summed E-state index contributed by atoms with van der Waals surface area (Å²) in [7, 11) is 1.23. The van der Waals surface area contributed by atoms with Gasteiger partial charge in [0.2, 0.25) is 0 Å². The molecule has 0 aromatic carbocycles. The maximum absolute atomic E-state index is 10.6. The second-order valence-corrected chi connectivity index (χ2v) is 8.63. The van der Waals surface area contributed by atoms with Gasteiger partial charge in [-0.25, -0.2) is 0 Å². The molecule has 15 atom stereocenters. The largest absolute Gasteiger partial charge is 0.394 e. The molecule has 0 unspecified atom stereocenters. The monoisotopic (exact) mass is 517 g/mol.